The molecule has 1 heterocycles. The van der Waals surface area contributed by atoms with E-state index in [1.807, 2.05) is 0 Å². The average molecular weight is 528 g/mol. The third kappa shape index (κ3) is 8.42. The summed E-state index contributed by atoms with van der Waals surface area (Å²) < 4.78 is 27.0. The van der Waals surface area contributed by atoms with Crippen LogP contribution in [0.2, 0.25) is 0 Å². The third-order valence-electron chi connectivity index (χ3n) is 4.41. The smallest absolute Gasteiger partial charge is 0.337 e. The van der Waals surface area contributed by atoms with Crippen molar-refractivity contribution >= 4 is 33.5 Å². The van der Waals surface area contributed by atoms with Crippen molar-refractivity contribution in [1.82, 2.24) is 9.97 Å². The Labute approximate surface area is 199 Å². The van der Waals surface area contributed by atoms with Crippen molar-refractivity contribution in [2.24, 2.45) is 0 Å². The first-order valence-corrected chi connectivity index (χ1v) is 10.5. The van der Waals surface area contributed by atoms with E-state index in [2.05, 4.69) is 31.2 Å². The Morgan fingerprint density at radius 2 is 1.85 bits per heavy atom. The first-order valence-electron chi connectivity index (χ1n) is 9.74. The number of amides is 1. The monoisotopic (exact) mass is 527 g/mol. The molecule has 0 saturated heterocycles. The number of nitrogens with one attached hydrogen (secondary N) is 1. The molecule has 0 spiro atoms. The number of aromatic carboxylic acids is 1. The average Bonchev–Trinajstić information content (AvgIpc) is 2.81. The molecule has 33 heavy (non-hydrogen) atoms. The predicted molar refractivity (Wildman–Crippen MR) is 120 cm³/mol. The van der Waals surface area contributed by atoms with Gasteiger partial charge in [-0.15, -0.1) is 0 Å². The van der Waals surface area contributed by atoms with Gasteiger partial charge in [0, 0.05) is 38.4 Å². The number of halogens is 1. The molecule has 2 rings (SSSR count). The maximum atomic E-state index is 12.5. The Balaban J connectivity index is 2.07. The number of rotatable bonds is 14. The SMILES string of the molecule is COCOC[C@@H](OCOC)C(Cc1cnc(C(=O)Nc2ccc(Br)cc2C(=O)O)cn1)OC. The topological polar surface area (TPSA) is 138 Å². The Bertz CT molecular complexity index is 913. The minimum atomic E-state index is -1.17. The highest BCUT2D eigenvalue weighted by Crippen LogP contribution is 2.21. The van der Waals surface area contributed by atoms with Crippen LogP contribution in [0, 0.1) is 0 Å². The summed E-state index contributed by atoms with van der Waals surface area (Å²) in [6.45, 7) is 0.373. The lowest BCUT2D eigenvalue weighted by Gasteiger charge is -2.25. The number of anilines is 1. The summed E-state index contributed by atoms with van der Waals surface area (Å²) in [6.07, 6.45) is 2.22. The van der Waals surface area contributed by atoms with E-state index in [0.29, 0.717) is 16.6 Å². The van der Waals surface area contributed by atoms with E-state index in [1.165, 1.54) is 45.9 Å². The summed E-state index contributed by atoms with van der Waals surface area (Å²) >= 11 is 3.21. The molecule has 2 N–H and O–H groups in total. The molecule has 0 aliphatic heterocycles. The summed E-state index contributed by atoms with van der Waals surface area (Å²) in [7, 11) is 4.57. The second kappa shape index (κ2) is 13.9. The Hall–Kier alpha value is -2.48. The van der Waals surface area contributed by atoms with Crippen molar-refractivity contribution < 1.29 is 38.4 Å². The lowest BCUT2D eigenvalue weighted by atomic mass is 10.1. The van der Waals surface area contributed by atoms with Gasteiger partial charge in [-0.25, -0.2) is 9.78 Å². The zero-order valence-electron chi connectivity index (χ0n) is 18.4. The van der Waals surface area contributed by atoms with Gasteiger partial charge in [0.1, 0.15) is 25.4 Å². The number of carbonyl (C=O) groups is 2. The summed E-state index contributed by atoms with van der Waals surface area (Å²) in [5.41, 5.74) is 0.687. The number of carbonyl (C=O) groups excluding carboxylic acids is 1. The van der Waals surface area contributed by atoms with Crippen LogP contribution in [0.25, 0.3) is 0 Å². The van der Waals surface area contributed by atoms with E-state index in [1.54, 1.807) is 6.07 Å². The van der Waals surface area contributed by atoms with Crippen molar-refractivity contribution in [3.63, 3.8) is 0 Å². The van der Waals surface area contributed by atoms with E-state index >= 15 is 0 Å². The molecule has 1 aromatic carbocycles. The maximum absolute atomic E-state index is 12.5. The summed E-state index contributed by atoms with van der Waals surface area (Å²) in [4.78, 5) is 32.4. The molecule has 0 aliphatic carbocycles. The summed E-state index contributed by atoms with van der Waals surface area (Å²) in [5.74, 6) is -1.75. The summed E-state index contributed by atoms with van der Waals surface area (Å²) in [5, 5.41) is 11.9. The largest absolute Gasteiger partial charge is 0.478 e. The molecule has 0 bridgehead atoms. The molecule has 0 aliphatic rings. The molecule has 0 fully saturated rings. The number of hydrogen-bond donors (Lipinski definition) is 2. The molecule has 2 aromatic rings. The van der Waals surface area contributed by atoms with E-state index in [9.17, 15) is 14.7 Å². The molecule has 1 aromatic heterocycles. The van der Waals surface area contributed by atoms with E-state index in [0.717, 1.165) is 0 Å². The van der Waals surface area contributed by atoms with E-state index in [-0.39, 0.29) is 37.1 Å². The lowest BCUT2D eigenvalue weighted by molar-refractivity contribution is -0.157. The minimum Gasteiger partial charge on any atom is -0.478 e. The van der Waals surface area contributed by atoms with Gasteiger partial charge in [-0.05, 0) is 18.2 Å². The van der Waals surface area contributed by atoms with E-state index < -0.39 is 24.1 Å². The van der Waals surface area contributed by atoms with Gasteiger partial charge < -0.3 is 34.1 Å². The second-order valence-corrected chi connectivity index (χ2v) is 7.63. The van der Waals surface area contributed by atoms with Gasteiger partial charge in [-0.3, -0.25) is 9.78 Å². The Morgan fingerprint density at radius 3 is 2.45 bits per heavy atom. The Kier molecular flexibility index (Phi) is 11.3. The van der Waals surface area contributed by atoms with Crippen LogP contribution in [0.15, 0.2) is 35.1 Å². The van der Waals surface area contributed by atoms with Crippen molar-refractivity contribution in [2.75, 3.05) is 46.8 Å². The predicted octanol–water partition coefficient (Wildman–Crippen LogP) is 2.36. The van der Waals surface area contributed by atoms with Gasteiger partial charge in [0.25, 0.3) is 5.91 Å². The fourth-order valence-corrected chi connectivity index (χ4v) is 3.17. The van der Waals surface area contributed by atoms with Crippen LogP contribution < -0.4 is 5.32 Å². The van der Waals surface area contributed by atoms with Crippen LogP contribution in [0.5, 0.6) is 0 Å². The molecule has 11 nitrogen and oxygen atoms in total. The number of benzene rings is 1. The maximum Gasteiger partial charge on any atom is 0.337 e. The highest BCUT2D eigenvalue weighted by Gasteiger charge is 2.24. The van der Waals surface area contributed by atoms with Crippen molar-refractivity contribution in [3.8, 4) is 0 Å². The molecule has 1 amide bonds. The van der Waals surface area contributed by atoms with Gasteiger partial charge in [-0.2, -0.15) is 0 Å². The van der Waals surface area contributed by atoms with Gasteiger partial charge >= 0.3 is 5.97 Å². The number of nitrogens with zero attached hydrogens (tertiary/aromatic N) is 2. The third-order valence-corrected chi connectivity index (χ3v) is 4.90. The van der Waals surface area contributed by atoms with Crippen LogP contribution in [0.3, 0.4) is 0 Å². The zero-order chi connectivity index (χ0) is 24.2. The quantitative estimate of drug-likeness (QED) is 0.278. The normalized spacial score (nSPS) is 12.8. The second-order valence-electron chi connectivity index (χ2n) is 6.71. The number of hydrogen-bond acceptors (Lipinski definition) is 9. The first kappa shape index (κ1) is 26.8. The number of carboxylic acids is 1. The van der Waals surface area contributed by atoms with Crippen LogP contribution >= 0.6 is 15.9 Å². The number of ether oxygens (including phenoxy) is 5. The van der Waals surface area contributed by atoms with Crippen LogP contribution in [-0.4, -0.2) is 80.7 Å². The van der Waals surface area contributed by atoms with Crippen LogP contribution in [0.4, 0.5) is 5.69 Å². The molecular weight excluding hydrogens is 502 g/mol. The molecule has 180 valence electrons. The fraction of sp³-hybridized carbons (Fsp3) is 0.429. The standard InChI is InChI=1S/C21H26BrN3O8/c1-29-11-32-10-19(33-12-30-2)18(31-3)7-14-8-24-17(9-23-14)20(26)25-16-5-4-13(22)6-15(16)21(27)28/h4-6,8-9,18-19H,7,10-12H2,1-3H3,(H,25,26)(H,27,28)/t18?,19-/m1/s1. The minimum absolute atomic E-state index is 0.0302. The van der Waals surface area contributed by atoms with Crippen LogP contribution in [0.1, 0.15) is 26.5 Å². The van der Waals surface area contributed by atoms with Gasteiger partial charge in [-0.1, -0.05) is 15.9 Å². The van der Waals surface area contributed by atoms with Crippen molar-refractivity contribution in [3.05, 3.63) is 52.0 Å². The molecule has 2 atom stereocenters. The number of methoxy groups -OCH3 is 3. The first-order chi connectivity index (χ1) is 15.9. The Morgan fingerprint density at radius 1 is 1.09 bits per heavy atom. The highest BCUT2D eigenvalue weighted by molar-refractivity contribution is 9.10. The van der Waals surface area contributed by atoms with Crippen molar-refractivity contribution in [1.29, 1.82) is 0 Å². The molecule has 1 unspecified atom stereocenters. The number of aromatic nitrogens is 2. The molecule has 0 radical (unpaired) electrons. The van der Waals surface area contributed by atoms with Crippen LogP contribution in [-0.2, 0) is 30.1 Å². The summed E-state index contributed by atoms with van der Waals surface area (Å²) in [6, 6.07) is 4.51. The van der Waals surface area contributed by atoms with Gasteiger partial charge in [0.15, 0.2) is 0 Å². The number of carboxylic acid groups (broad SMARTS) is 1. The molecular formula is C21H26BrN3O8. The van der Waals surface area contributed by atoms with Gasteiger partial charge in [0.05, 0.1) is 35.9 Å². The van der Waals surface area contributed by atoms with Crippen molar-refractivity contribution in [2.45, 2.75) is 18.6 Å². The fourth-order valence-electron chi connectivity index (χ4n) is 2.80. The zero-order valence-corrected chi connectivity index (χ0v) is 20.0. The molecule has 12 heteroatoms. The molecule has 0 saturated carbocycles. The van der Waals surface area contributed by atoms with E-state index in [4.69, 9.17) is 23.7 Å². The van der Waals surface area contributed by atoms with Gasteiger partial charge in [0.2, 0.25) is 0 Å². The highest BCUT2D eigenvalue weighted by atomic mass is 79.9. The lowest BCUT2D eigenvalue weighted by Crippen LogP contribution is -2.37.